The zero-order chi connectivity index (χ0) is 18.5. The van der Waals surface area contributed by atoms with Crippen LogP contribution in [0.15, 0.2) is 30.6 Å². The smallest absolute Gasteiger partial charge is 0.185 e. The molecule has 2 aromatic heterocycles. The van der Waals surface area contributed by atoms with Crippen molar-refractivity contribution in [1.29, 1.82) is 0 Å². The van der Waals surface area contributed by atoms with Gasteiger partial charge in [0.15, 0.2) is 5.13 Å². The molecular formula is C19H29N5OS. The van der Waals surface area contributed by atoms with Crippen molar-refractivity contribution in [2.45, 2.75) is 31.5 Å². The highest BCUT2D eigenvalue weighted by Gasteiger charge is 2.30. The molecule has 0 aromatic carbocycles. The average molecular weight is 376 g/mol. The topological polar surface area (TPSA) is 55.7 Å². The van der Waals surface area contributed by atoms with Gasteiger partial charge in [-0.25, -0.2) is 4.98 Å². The Hall–Kier alpha value is -1.54. The number of aromatic nitrogens is 2. The SMILES string of the molecule is CN(C)c1ncc(CN2CC[C@@H](N(C)CCc3ccccn3)[C@H](O)C2)s1. The van der Waals surface area contributed by atoms with Crippen LogP contribution >= 0.6 is 11.3 Å². The Balaban J connectivity index is 1.48. The summed E-state index contributed by atoms with van der Waals surface area (Å²) in [6.07, 6.45) is 5.37. The Morgan fingerprint density at radius 2 is 2.12 bits per heavy atom. The molecule has 0 saturated carbocycles. The maximum atomic E-state index is 10.7. The Morgan fingerprint density at radius 1 is 1.27 bits per heavy atom. The highest BCUT2D eigenvalue weighted by Crippen LogP contribution is 2.24. The van der Waals surface area contributed by atoms with Crippen molar-refractivity contribution in [3.8, 4) is 0 Å². The zero-order valence-electron chi connectivity index (χ0n) is 15.9. The molecule has 0 spiro atoms. The van der Waals surface area contributed by atoms with Crippen molar-refractivity contribution in [2.24, 2.45) is 0 Å². The normalized spacial score (nSPS) is 21.3. The van der Waals surface area contributed by atoms with E-state index in [0.717, 1.165) is 43.3 Å². The fourth-order valence-corrected chi connectivity index (χ4v) is 4.32. The summed E-state index contributed by atoms with van der Waals surface area (Å²) in [7, 11) is 6.14. The van der Waals surface area contributed by atoms with Gasteiger partial charge in [0.2, 0.25) is 0 Å². The second-order valence-electron chi connectivity index (χ2n) is 7.21. The van der Waals surface area contributed by atoms with Gasteiger partial charge in [0.05, 0.1) is 6.10 Å². The number of hydrogen-bond donors (Lipinski definition) is 1. The van der Waals surface area contributed by atoms with Crippen molar-refractivity contribution < 1.29 is 5.11 Å². The van der Waals surface area contributed by atoms with Crippen LogP contribution in [-0.2, 0) is 13.0 Å². The van der Waals surface area contributed by atoms with Crippen molar-refractivity contribution in [1.82, 2.24) is 19.8 Å². The first-order valence-corrected chi connectivity index (χ1v) is 9.97. The molecule has 26 heavy (non-hydrogen) atoms. The molecule has 0 unspecified atom stereocenters. The van der Waals surface area contributed by atoms with Gasteiger partial charge in [-0.3, -0.25) is 9.88 Å². The first-order valence-electron chi connectivity index (χ1n) is 9.15. The van der Waals surface area contributed by atoms with E-state index >= 15 is 0 Å². The van der Waals surface area contributed by atoms with Gasteiger partial charge in [-0.1, -0.05) is 6.07 Å². The number of hydrogen-bond acceptors (Lipinski definition) is 7. The first kappa shape index (κ1) is 19.2. The second kappa shape index (κ2) is 8.90. The van der Waals surface area contributed by atoms with Crippen LogP contribution in [0.2, 0.25) is 0 Å². The first-order chi connectivity index (χ1) is 12.5. The van der Waals surface area contributed by atoms with E-state index in [0.29, 0.717) is 6.54 Å². The van der Waals surface area contributed by atoms with Crippen LogP contribution in [0.25, 0.3) is 0 Å². The quantitative estimate of drug-likeness (QED) is 0.795. The molecule has 3 heterocycles. The van der Waals surface area contributed by atoms with E-state index in [-0.39, 0.29) is 12.1 Å². The van der Waals surface area contributed by atoms with Gasteiger partial charge in [0.25, 0.3) is 0 Å². The van der Waals surface area contributed by atoms with E-state index in [1.165, 1.54) is 4.88 Å². The minimum absolute atomic E-state index is 0.216. The summed E-state index contributed by atoms with van der Waals surface area (Å²) in [6, 6.07) is 6.24. The number of pyridine rings is 1. The van der Waals surface area contributed by atoms with Crippen LogP contribution in [0, 0.1) is 0 Å². The molecule has 1 aliphatic rings. The summed E-state index contributed by atoms with van der Waals surface area (Å²) in [5.74, 6) is 0. The van der Waals surface area contributed by atoms with E-state index in [1.54, 1.807) is 11.3 Å². The standard InChI is InChI=1S/C19H29N5OS/c1-22(2)19-21-12-16(26-19)13-24-11-8-17(18(25)14-24)23(3)10-7-15-6-4-5-9-20-15/h4-6,9,12,17-18,25H,7-8,10-11,13-14H2,1-3H3/t17-,18-/m1/s1. The van der Waals surface area contributed by atoms with Gasteiger partial charge in [-0.05, 0) is 25.6 Å². The monoisotopic (exact) mass is 375 g/mol. The van der Waals surface area contributed by atoms with Crippen LogP contribution in [0.5, 0.6) is 0 Å². The molecule has 0 radical (unpaired) electrons. The van der Waals surface area contributed by atoms with Gasteiger partial charge >= 0.3 is 0 Å². The van der Waals surface area contributed by atoms with E-state index in [4.69, 9.17) is 0 Å². The molecule has 1 saturated heterocycles. The third-order valence-corrected chi connectivity index (χ3v) is 6.10. The maximum absolute atomic E-state index is 10.7. The summed E-state index contributed by atoms with van der Waals surface area (Å²) in [6.45, 7) is 3.51. The summed E-state index contributed by atoms with van der Waals surface area (Å²) in [4.78, 5) is 16.7. The van der Waals surface area contributed by atoms with Crippen molar-refractivity contribution in [2.75, 3.05) is 45.7 Å². The lowest BCUT2D eigenvalue weighted by Crippen LogP contribution is -2.53. The number of aliphatic hydroxyl groups is 1. The molecule has 0 aliphatic carbocycles. The van der Waals surface area contributed by atoms with Crippen molar-refractivity contribution in [3.63, 3.8) is 0 Å². The zero-order valence-corrected chi connectivity index (χ0v) is 16.7. The third kappa shape index (κ3) is 5.01. The molecule has 2 atom stereocenters. The van der Waals surface area contributed by atoms with Gasteiger partial charge in [-0.2, -0.15) is 0 Å². The van der Waals surface area contributed by atoms with Gasteiger partial charge in [0, 0.05) is 75.7 Å². The van der Waals surface area contributed by atoms with E-state index in [2.05, 4.69) is 32.9 Å². The molecule has 2 aromatic rings. The predicted molar refractivity (Wildman–Crippen MR) is 107 cm³/mol. The number of piperidine rings is 1. The van der Waals surface area contributed by atoms with Gasteiger partial charge in [-0.15, -0.1) is 11.3 Å². The van der Waals surface area contributed by atoms with E-state index in [9.17, 15) is 5.11 Å². The highest BCUT2D eigenvalue weighted by molar-refractivity contribution is 7.15. The highest BCUT2D eigenvalue weighted by atomic mass is 32.1. The molecule has 3 rings (SSSR count). The average Bonchev–Trinajstić information content (AvgIpc) is 3.09. The lowest BCUT2D eigenvalue weighted by atomic mass is 10.00. The number of aliphatic hydroxyl groups excluding tert-OH is 1. The minimum Gasteiger partial charge on any atom is -0.390 e. The summed E-state index contributed by atoms with van der Waals surface area (Å²) < 4.78 is 0. The molecule has 7 heteroatoms. The van der Waals surface area contributed by atoms with Crippen LogP contribution < -0.4 is 4.90 Å². The number of likely N-dealkylation sites (tertiary alicyclic amines) is 1. The molecule has 1 N–H and O–H groups in total. The van der Waals surface area contributed by atoms with Gasteiger partial charge in [0.1, 0.15) is 0 Å². The Labute approximate surface area is 160 Å². The lowest BCUT2D eigenvalue weighted by molar-refractivity contribution is -0.00592. The maximum Gasteiger partial charge on any atom is 0.185 e. The van der Waals surface area contributed by atoms with Crippen LogP contribution in [0.4, 0.5) is 5.13 Å². The predicted octanol–water partition coefficient (Wildman–Crippen LogP) is 1.71. The molecule has 142 valence electrons. The minimum atomic E-state index is -0.321. The van der Waals surface area contributed by atoms with Crippen molar-refractivity contribution >= 4 is 16.5 Å². The number of likely N-dealkylation sites (N-methyl/N-ethyl adjacent to an activating group) is 1. The van der Waals surface area contributed by atoms with Gasteiger partial charge < -0.3 is 14.9 Å². The van der Waals surface area contributed by atoms with Crippen molar-refractivity contribution in [3.05, 3.63) is 41.2 Å². The van der Waals surface area contributed by atoms with Crippen LogP contribution in [0.3, 0.4) is 0 Å². The molecule has 1 fully saturated rings. The third-order valence-electron chi connectivity index (χ3n) is 4.95. The molecule has 0 amide bonds. The molecule has 1 aliphatic heterocycles. The van der Waals surface area contributed by atoms with Crippen LogP contribution in [-0.4, -0.2) is 77.8 Å². The molecule has 6 nitrogen and oxygen atoms in total. The largest absolute Gasteiger partial charge is 0.390 e. The second-order valence-corrected chi connectivity index (χ2v) is 8.31. The number of thiazole rings is 1. The van der Waals surface area contributed by atoms with E-state index in [1.807, 2.05) is 43.5 Å². The Morgan fingerprint density at radius 3 is 2.77 bits per heavy atom. The fraction of sp³-hybridized carbons (Fsp3) is 0.579. The number of β-amino-alcohol motifs (C(OH)–C–C–N with tert-alkyl or cyclic N) is 1. The summed E-state index contributed by atoms with van der Waals surface area (Å²) in [5.41, 5.74) is 1.10. The van der Waals surface area contributed by atoms with Crippen LogP contribution in [0.1, 0.15) is 17.0 Å². The Bertz CT molecular complexity index is 678. The number of rotatable bonds is 7. The Kier molecular flexibility index (Phi) is 6.58. The summed E-state index contributed by atoms with van der Waals surface area (Å²) in [5, 5.41) is 11.7. The number of nitrogens with zero attached hydrogens (tertiary/aromatic N) is 5. The number of anilines is 1. The fourth-order valence-electron chi connectivity index (χ4n) is 3.44. The van der Waals surface area contributed by atoms with E-state index < -0.39 is 0 Å². The lowest BCUT2D eigenvalue weighted by Gasteiger charge is -2.40. The molecule has 0 bridgehead atoms. The molecular weight excluding hydrogens is 346 g/mol. The summed E-state index contributed by atoms with van der Waals surface area (Å²) >= 11 is 1.72.